The van der Waals surface area contributed by atoms with Gasteiger partial charge in [0.25, 0.3) is 0 Å². The summed E-state index contributed by atoms with van der Waals surface area (Å²) in [6.45, 7) is 0.849. The van der Waals surface area contributed by atoms with Gasteiger partial charge in [-0.05, 0) is 42.6 Å². The first-order chi connectivity index (χ1) is 8.74. The number of anilines is 1. The quantitative estimate of drug-likeness (QED) is 0.630. The molecule has 3 N–H and O–H groups in total. The molecule has 0 fully saturated rings. The first-order valence-corrected chi connectivity index (χ1v) is 7.10. The fourth-order valence-electron chi connectivity index (χ4n) is 1.32. The largest absolute Gasteiger partial charge is 0.374 e. The van der Waals surface area contributed by atoms with Crippen LogP contribution in [0.2, 0.25) is 0 Å². The second-order valence-corrected chi connectivity index (χ2v) is 5.65. The molecule has 0 aliphatic carbocycles. The fraction of sp³-hybridized carbons (Fsp3) is 0.273. The number of hydrogen-bond donors (Lipinski definition) is 2. The van der Waals surface area contributed by atoms with Crippen molar-refractivity contribution in [3.63, 3.8) is 0 Å². The molecule has 4 nitrogen and oxygen atoms in total. The van der Waals surface area contributed by atoms with E-state index in [1.54, 1.807) is 12.1 Å². The summed E-state index contributed by atoms with van der Waals surface area (Å²) in [6, 6.07) is 6.40. The molecule has 1 aromatic carbocycles. The maximum Gasteiger partial charge on any atom is 0.203 e. The molecule has 0 radical (unpaired) electrons. The molecule has 1 aromatic heterocycles. The van der Waals surface area contributed by atoms with Crippen molar-refractivity contribution in [2.45, 2.75) is 17.7 Å². The SMILES string of the molecule is Nc1nnc(CCCNSc2ccc(F)cc2)s1. The molecule has 2 aromatic rings. The molecule has 0 aliphatic rings. The molecule has 0 amide bonds. The molecular weight excluding hydrogens is 271 g/mol. The van der Waals surface area contributed by atoms with Crippen molar-refractivity contribution in [3.05, 3.63) is 35.1 Å². The van der Waals surface area contributed by atoms with E-state index in [0.29, 0.717) is 5.13 Å². The van der Waals surface area contributed by atoms with Crippen LogP contribution in [0.4, 0.5) is 9.52 Å². The maximum absolute atomic E-state index is 12.7. The third kappa shape index (κ3) is 4.25. The minimum atomic E-state index is -0.215. The zero-order chi connectivity index (χ0) is 12.8. The molecule has 0 spiro atoms. The van der Waals surface area contributed by atoms with E-state index in [4.69, 9.17) is 5.73 Å². The van der Waals surface area contributed by atoms with Crippen LogP contribution in [-0.4, -0.2) is 16.7 Å². The van der Waals surface area contributed by atoms with Crippen molar-refractivity contribution in [2.24, 2.45) is 0 Å². The summed E-state index contributed by atoms with van der Waals surface area (Å²) >= 11 is 2.92. The predicted octanol–water partition coefficient (Wildman–Crippen LogP) is 2.49. The molecule has 2 rings (SSSR count). The molecule has 96 valence electrons. The van der Waals surface area contributed by atoms with E-state index in [1.165, 1.54) is 35.4 Å². The molecule has 18 heavy (non-hydrogen) atoms. The summed E-state index contributed by atoms with van der Waals surface area (Å²) in [4.78, 5) is 0.997. The molecule has 0 bridgehead atoms. The molecule has 0 aliphatic heterocycles. The summed E-state index contributed by atoms with van der Waals surface area (Å²) < 4.78 is 15.9. The smallest absolute Gasteiger partial charge is 0.203 e. The molecule has 0 saturated heterocycles. The Morgan fingerprint density at radius 3 is 2.72 bits per heavy atom. The standard InChI is InChI=1S/C11H13FN4S2/c12-8-3-5-9(6-4-8)18-14-7-1-2-10-15-16-11(13)17-10/h3-6,14H,1-2,7H2,(H2,13,16). The summed E-state index contributed by atoms with van der Waals surface area (Å²) in [5.74, 6) is -0.215. The van der Waals surface area contributed by atoms with Gasteiger partial charge in [0.05, 0.1) is 0 Å². The van der Waals surface area contributed by atoms with Crippen LogP contribution in [0.15, 0.2) is 29.2 Å². The Morgan fingerprint density at radius 2 is 2.06 bits per heavy atom. The van der Waals surface area contributed by atoms with E-state index in [0.717, 1.165) is 29.3 Å². The van der Waals surface area contributed by atoms with Crippen LogP contribution < -0.4 is 10.5 Å². The van der Waals surface area contributed by atoms with E-state index >= 15 is 0 Å². The highest BCUT2D eigenvalue weighted by Gasteiger charge is 2.00. The number of halogens is 1. The molecule has 1 heterocycles. The van der Waals surface area contributed by atoms with Gasteiger partial charge < -0.3 is 5.73 Å². The number of aryl methyl sites for hydroxylation is 1. The van der Waals surface area contributed by atoms with Gasteiger partial charge in [0.1, 0.15) is 10.8 Å². The van der Waals surface area contributed by atoms with Gasteiger partial charge in [-0.15, -0.1) is 10.2 Å². The topological polar surface area (TPSA) is 63.8 Å². The third-order valence-corrected chi connectivity index (χ3v) is 3.82. The highest BCUT2D eigenvalue weighted by Crippen LogP contribution is 2.15. The van der Waals surface area contributed by atoms with E-state index in [1.807, 2.05) is 0 Å². The average molecular weight is 284 g/mol. The van der Waals surface area contributed by atoms with Gasteiger partial charge in [-0.1, -0.05) is 11.3 Å². The Morgan fingerprint density at radius 1 is 1.28 bits per heavy atom. The van der Waals surface area contributed by atoms with Gasteiger partial charge in [-0.2, -0.15) is 0 Å². The summed E-state index contributed by atoms with van der Waals surface area (Å²) in [7, 11) is 0. The minimum absolute atomic E-state index is 0.215. The van der Waals surface area contributed by atoms with E-state index < -0.39 is 0 Å². The normalized spacial score (nSPS) is 10.7. The van der Waals surface area contributed by atoms with Crippen LogP contribution in [0.1, 0.15) is 11.4 Å². The predicted molar refractivity (Wildman–Crippen MR) is 72.9 cm³/mol. The molecule has 0 atom stereocenters. The van der Waals surface area contributed by atoms with Crippen LogP contribution >= 0.6 is 23.3 Å². The number of rotatable bonds is 6. The van der Waals surface area contributed by atoms with Crippen molar-refractivity contribution in [3.8, 4) is 0 Å². The molecule has 0 saturated carbocycles. The second-order valence-electron chi connectivity index (χ2n) is 3.59. The van der Waals surface area contributed by atoms with Gasteiger partial charge >= 0.3 is 0 Å². The van der Waals surface area contributed by atoms with Crippen LogP contribution in [0, 0.1) is 5.82 Å². The third-order valence-electron chi connectivity index (χ3n) is 2.16. The Bertz CT molecular complexity index is 486. The Kier molecular flexibility index (Phi) is 4.91. The van der Waals surface area contributed by atoms with Crippen molar-refractivity contribution in [2.75, 3.05) is 12.3 Å². The number of nitrogens with zero attached hydrogens (tertiary/aromatic N) is 2. The lowest BCUT2D eigenvalue weighted by atomic mass is 10.3. The van der Waals surface area contributed by atoms with Gasteiger partial charge in [0.2, 0.25) is 5.13 Å². The van der Waals surface area contributed by atoms with Gasteiger partial charge in [-0.3, -0.25) is 4.72 Å². The summed E-state index contributed by atoms with van der Waals surface area (Å²) in [6.07, 6.45) is 1.83. The van der Waals surface area contributed by atoms with E-state index in [9.17, 15) is 4.39 Å². The number of hydrogen-bond acceptors (Lipinski definition) is 6. The van der Waals surface area contributed by atoms with Crippen molar-refractivity contribution in [1.29, 1.82) is 0 Å². The van der Waals surface area contributed by atoms with Gasteiger partial charge in [0, 0.05) is 17.9 Å². The van der Waals surface area contributed by atoms with Crippen LogP contribution in [0.5, 0.6) is 0 Å². The average Bonchev–Trinajstić information content (AvgIpc) is 2.77. The number of aromatic nitrogens is 2. The maximum atomic E-state index is 12.7. The van der Waals surface area contributed by atoms with Crippen molar-refractivity contribution >= 4 is 28.4 Å². The Balaban J connectivity index is 1.63. The molecular formula is C11H13FN4S2. The first-order valence-electron chi connectivity index (χ1n) is 5.47. The number of nitrogen functional groups attached to an aromatic ring is 1. The molecule has 0 unspecified atom stereocenters. The lowest BCUT2D eigenvalue weighted by Crippen LogP contribution is -2.06. The Labute approximate surface area is 113 Å². The number of nitrogens with two attached hydrogens (primary N) is 1. The Hall–Kier alpha value is -1.18. The highest BCUT2D eigenvalue weighted by atomic mass is 32.2. The van der Waals surface area contributed by atoms with Crippen LogP contribution in [0.3, 0.4) is 0 Å². The van der Waals surface area contributed by atoms with Crippen LogP contribution in [-0.2, 0) is 6.42 Å². The van der Waals surface area contributed by atoms with Gasteiger partial charge in [0.15, 0.2) is 0 Å². The monoisotopic (exact) mass is 284 g/mol. The fourth-order valence-corrected chi connectivity index (χ4v) is 2.65. The molecule has 7 heteroatoms. The summed E-state index contributed by atoms with van der Waals surface area (Å²) in [5, 5.41) is 9.18. The first kappa shape index (κ1) is 13.3. The van der Waals surface area contributed by atoms with Crippen molar-refractivity contribution < 1.29 is 4.39 Å². The summed E-state index contributed by atoms with van der Waals surface area (Å²) in [5.41, 5.74) is 5.49. The number of benzene rings is 1. The van der Waals surface area contributed by atoms with Crippen LogP contribution in [0.25, 0.3) is 0 Å². The zero-order valence-electron chi connectivity index (χ0n) is 9.60. The van der Waals surface area contributed by atoms with E-state index in [2.05, 4.69) is 14.9 Å². The highest BCUT2D eigenvalue weighted by molar-refractivity contribution is 7.97. The second kappa shape index (κ2) is 6.67. The number of nitrogens with one attached hydrogen (secondary N) is 1. The lowest BCUT2D eigenvalue weighted by Gasteiger charge is -2.02. The van der Waals surface area contributed by atoms with Gasteiger partial charge in [-0.25, -0.2) is 4.39 Å². The zero-order valence-corrected chi connectivity index (χ0v) is 11.2. The van der Waals surface area contributed by atoms with E-state index in [-0.39, 0.29) is 5.82 Å². The lowest BCUT2D eigenvalue weighted by molar-refractivity contribution is 0.626. The van der Waals surface area contributed by atoms with Crippen molar-refractivity contribution in [1.82, 2.24) is 14.9 Å². The minimum Gasteiger partial charge on any atom is -0.374 e.